The molecule has 0 bridgehead atoms. The molecule has 2 fully saturated rings. The standard InChI is InChI=1S/C63H66O11S/c1-2-75-63-60(70-43-51-34-20-8-21-35-51)58(69-42-50-32-18-7-19-33-50)56(67-40-48-28-14-5-15-29-48)54(73-63)45-71-62-59(74-61(64)52-36-22-9-23-37-52)57(68-41-49-30-16-6-17-31-49)55(66-39-47-26-12-4-13-27-47)53(72-62)44-65-38-46-24-10-3-11-25-46/h3-37,53-60,62-63H,2,38-45H2,1H3. The first kappa shape index (κ1) is 53.8. The number of hydrogen-bond acceptors (Lipinski definition) is 12. The van der Waals surface area contributed by atoms with Gasteiger partial charge in [0.15, 0.2) is 12.4 Å². The second-order valence-corrected chi connectivity index (χ2v) is 19.8. The molecule has 2 aliphatic rings. The van der Waals surface area contributed by atoms with E-state index in [0.29, 0.717) is 25.4 Å². The molecule has 390 valence electrons. The number of esters is 1. The molecule has 2 aliphatic heterocycles. The maximum Gasteiger partial charge on any atom is 0.338 e. The Morgan fingerprint density at radius 3 is 1.15 bits per heavy atom. The van der Waals surface area contributed by atoms with E-state index in [9.17, 15) is 4.79 Å². The second kappa shape index (κ2) is 28.8. The van der Waals surface area contributed by atoms with Gasteiger partial charge < -0.3 is 47.4 Å². The molecule has 11 nitrogen and oxygen atoms in total. The SMILES string of the molecule is CCSC1OC(COC2OC(COCc3ccccc3)C(OCc3ccccc3)C(OCc3ccccc3)C2OC(=O)c2ccccc2)C(OCc2ccccc2)C(OCc2ccccc2)C1OCc1ccccc1. The molecular weight excluding hydrogens is 965 g/mol. The van der Waals surface area contributed by atoms with Gasteiger partial charge in [-0.2, -0.15) is 0 Å². The fourth-order valence-corrected chi connectivity index (χ4v) is 10.2. The smallest absolute Gasteiger partial charge is 0.338 e. The molecule has 12 heteroatoms. The molecule has 7 aromatic rings. The average molecular weight is 1030 g/mol. The highest BCUT2D eigenvalue weighted by Gasteiger charge is 2.53. The summed E-state index contributed by atoms with van der Waals surface area (Å²) in [5, 5.41) is 0. The average Bonchev–Trinajstić information content (AvgIpc) is 3.47. The molecule has 9 rings (SSSR count). The maximum absolute atomic E-state index is 14.4. The van der Waals surface area contributed by atoms with E-state index in [4.69, 9.17) is 47.4 Å². The molecule has 10 unspecified atom stereocenters. The van der Waals surface area contributed by atoms with E-state index in [0.717, 1.165) is 39.1 Å². The van der Waals surface area contributed by atoms with Gasteiger partial charge >= 0.3 is 5.97 Å². The minimum atomic E-state index is -1.20. The van der Waals surface area contributed by atoms with Crippen LogP contribution in [0, 0.1) is 0 Å². The Bertz CT molecular complexity index is 2680. The molecule has 75 heavy (non-hydrogen) atoms. The molecule has 10 atom stereocenters. The Morgan fingerprint density at radius 2 is 0.733 bits per heavy atom. The predicted molar refractivity (Wildman–Crippen MR) is 288 cm³/mol. The Kier molecular flexibility index (Phi) is 20.6. The van der Waals surface area contributed by atoms with Gasteiger partial charge in [0, 0.05) is 0 Å². The largest absolute Gasteiger partial charge is 0.450 e. The van der Waals surface area contributed by atoms with Gasteiger partial charge in [0.1, 0.15) is 48.2 Å². The minimum Gasteiger partial charge on any atom is -0.450 e. The summed E-state index contributed by atoms with van der Waals surface area (Å²) in [5.74, 6) is 0.167. The van der Waals surface area contributed by atoms with Gasteiger partial charge in [0.2, 0.25) is 0 Å². The molecule has 2 saturated heterocycles. The van der Waals surface area contributed by atoms with E-state index in [1.807, 2.05) is 188 Å². The predicted octanol–water partition coefficient (Wildman–Crippen LogP) is 11.6. The molecular formula is C63H66O11S. The molecule has 7 aromatic carbocycles. The van der Waals surface area contributed by atoms with Gasteiger partial charge in [0.05, 0.1) is 58.4 Å². The quantitative estimate of drug-likeness (QED) is 0.0482. The minimum absolute atomic E-state index is 0.0561. The van der Waals surface area contributed by atoms with Crippen LogP contribution in [0.2, 0.25) is 0 Å². The summed E-state index contributed by atoms with van der Waals surface area (Å²) in [6, 6.07) is 68.8. The van der Waals surface area contributed by atoms with Crippen LogP contribution in [-0.2, 0) is 87.0 Å². The number of carbonyl (C=O) groups is 1. The molecule has 0 aliphatic carbocycles. The van der Waals surface area contributed by atoms with Crippen molar-refractivity contribution in [2.45, 2.75) is 107 Å². The molecule has 0 saturated carbocycles. The molecule has 0 N–H and O–H groups in total. The zero-order valence-electron chi connectivity index (χ0n) is 42.2. The van der Waals surface area contributed by atoms with Crippen LogP contribution in [0.3, 0.4) is 0 Å². The van der Waals surface area contributed by atoms with Crippen LogP contribution in [0.15, 0.2) is 212 Å². The highest BCUT2D eigenvalue weighted by atomic mass is 32.2. The van der Waals surface area contributed by atoms with E-state index < -0.39 is 66.5 Å². The van der Waals surface area contributed by atoms with Crippen molar-refractivity contribution < 1.29 is 52.2 Å². The van der Waals surface area contributed by atoms with Gasteiger partial charge in [0.25, 0.3) is 0 Å². The first-order valence-corrected chi connectivity index (χ1v) is 26.8. The van der Waals surface area contributed by atoms with Gasteiger partial charge in [-0.25, -0.2) is 4.79 Å². The van der Waals surface area contributed by atoms with Crippen molar-refractivity contribution in [3.05, 3.63) is 251 Å². The Hall–Kier alpha value is -6.00. The summed E-state index contributed by atoms with van der Waals surface area (Å²) in [4.78, 5) is 14.4. The van der Waals surface area contributed by atoms with Crippen LogP contribution in [0.1, 0.15) is 50.7 Å². The summed E-state index contributed by atoms with van der Waals surface area (Å²) >= 11 is 1.63. The number of benzene rings is 7. The third-order valence-electron chi connectivity index (χ3n) is 13.0. The highest BCUT2D eigenvalue weighted by molar-refractivity contribution is 7.99. The Labute approximate surface area is 445 Å². The zero-order valence-corrected chi connectivity index (χ0v) is 43.1. The van der Waals surface area contributed by atoms with Crippen LogP contribution >= 0.6 is 11.8 Å². The summed E-state index contributed by atoms with van der Waals surface area (Å²) in [6.45, 7) is 3.78. The highest BCUT2D eigenvalue weighted by Crippen LogP contribution is 2.37. The first-order valence-electron chi connectivity index (χ1n) is 25.8. The Balaban J connectivity index is 1.07. The summed E-state index contributed by atoms with van der Waals surface area (Å²) in [5.41, 5.74) is 5.75. The number of carbonyl (C=O) groups excluding carboxylic acids is 1. The number of hydrogen-bond donors (Lipinski definition) is 0. The van der Waals surface area contributed by atoms with Crippen molar-refractivity contribution in [3.8, 4) is 0 Å². The lowest BCUT2D eigenvalue weighted by molar-refractivity contribution is -0.328. The third kappa shape index (κ3) is 15.8. The molecule has 0 radical (unpaired) electrons. The van der Waals surface area contributed by atoms with E-state index in [-0.39, 0.29) is 33.0 Å². The van der Waals surface area contributed by atoms with Crippen molar-refractivity contribution in [2.75, 3.05) is 19.0 Å². The normalized spacial score (nSPS) is 23.6. The lowest BCUT2D eigenvalue weighted by Gasteiger charge is -2.48. The molecule has 2 heterocycles. The summed E-state index contributed by atoms with van der Waals surface area (Å²) < 4.78 is 68.9. The lowest BCUT2D eigenvalue weighted by Crippen LogP contribution is -2.63. The van der Waals surface area contributed by atoms with Crippen molar-refractivity contribution in [1.29, 1.82) is 0 Å². The van der Waals surface area contributed by atoms with Crippen molar-refractivity contribution >= 4 is 17.7 Å². The summed E-state index contributed by atoms with van der Waals surface area (Å²) in [7, 11) is 0. The van der Waals surface area contributed by atoms with Crippen LogP contribution in [0.25, 0.3) is 0 Å². The number of ether oxygens (including phenoxy) is 10. The number of rotatable bonds is 26. The van der Waals surface area contributed by atoms with Crippen LogP contribution in [0.5, 0.6) is 0 Å². The van der Waals surface area contributed by atoms with Crippen LogP contribution in [0.4, 0.5) is 0 Å². The van der Waals surface area contributed by atoms with E-state index >= 15 is 0 Å². The van der Waals surface area contributed by atoms with Crippen LogP contribution in [-0.4, -0.2) is 85.5 Å². The fourth-order valence-electron chi connectivity index (χ4n) is 9.20. The van der Waals surface area contributed by atoms with Gasteiger partial charge in [-0.1, -0.05) is 207 Å². The lowest BCUT2D eigenvalue weighted by atomic mass is 9.97. The monoisotopic (exact) mass is 1030 g/mol. The maximum atomic E-state index is 14.4. The first-order chi connectivity index (χ1) is 37.1. The van der Waals surface area contributed by atoms with Gasteiger partial charge in [-0.3, -0.25) is 0 Å². The Morgan fingerprint density at radius 1 is 0.387 bits per heavy atom. The van der Waals surface area contributed by atoms with Crippen molar-refractivity contribution in [3.63, 3.8) is 0 Å². The van der Waals surface area contributed by atoms with Crippen molar-refractivity contribution in [1.82, 2.24) is 0 Å². The fraction of sp³-hybridized carbons (Fsp3) is 0.317. The van der Waals surface area contributed by atoms with Gasteiger partial charge in [-0.05, 0) is 51.3 Å². The summed E-state index contributed by atoms with van der Waals surface area (Å²) in [6.07, 6.45) is -7.43. The zero-order chi connectivity index (χ0) is 51.3. The van der Waals surface area contributed by atoms with Crippen LogP contribution < -0.4 is 0 Å². The van der Waals surface area contributed by atoms with E-state index in [1.165, 1.54) is 0 Å². The van der Waals surface area contributed by atoms with E-state index in [1.54, 1.807) is 36.0 Å². The molecule has 0 aromatic heterocycles. The molecule has 0 spiro atoms. The van der Waals surface area contributed by atoms with Crippen molar-refractivity contribution in [2.24, 2.45) is 0 Å². The van der Waals surface area contributed by atoms with E-state index in [2.05, 4.69) is 6.92 Å². The topological polar surface area (TPSA) is 109 Å². The third-order valence-corrected chi connectivity index (χ3v) is 14.1. The molecule has 0 amide bonds. The number of thioether (sulfide) groups is 1. The van der Waals surface area contributed by atoms with Gasteiger partial charge in [-0.15, -0.1) is 11.8 Å². The second-order valence-electron chi connectivity index (χ2n) is 18.4.